The topological polar surface area (TPSA) is 53.0 Å². The van der Waals surface area contributed by atoms with Gasteiger partial charge in [-0.05, 0) is 24.6 Å². The average molecular weight is 189 g/mol. The van der Waals surface area contributed by atoms with E-state index >= 15 is 0 Å². The van der Waals surface area contributed by atoms with E-state index in [1.54, 1.807) is 0 Å². The monoisotopic (exact) mass is 189 g/mol. The summed E-state index contributed by atoms with van der Waals surface area (Å²) in [6.45, 7) is 2.60. The van der Waals surface area contributed by atoms with Crippen LogP contribution in [0.3, 0.4) is 0 Å². The second-order valence-corrected chi connectivity index (χ2v) is 3.46. The molecule has 0 bridgehead atoms. The first kappa shape index (κ1) is 10.6. The van der Waals surface area contributed by atoms with E-state index in [1.807, 2.05) is 43.1 Å². The van der Waals surface area contributed by atoms with E-state index in [2.05, 4.69) is 6.07 Å². The molecule has 0 radical (unpaired) electrons. The maximum absolute atomic E-state index is 8.58. The predicted octanol–water partition coefficient (Wildman–Crippen LogP) is 1.28. The highest BCUT2D eigenvalue weighted by Gasteiger charge is 2.05. The average Bonchev–Trinajstić information content (AvgIpc) is 2.17. The van der Waals surface area contributed by atoms with Crippen molar-refractivity contribution in [3.8, 4) is 6.07 Å². The van der Waals surface area contributed by atoms with Crippen LogP contribution >= 0.6 is 0 Å². The third-order valence-corrected chi connectivity index (χ3v) is 2.08. The Kier molecular flexibility index (Phi) is 3.49. The smallest absolute Gasteiger partial charge is 0.110 e. The lowest BCUT2D eigenvalue weighted by Gasteiger charge is -2.20. The number of rotatable bonds is 3. The van der Waals surface area contributed by atoms with Crippen LogP contribution < -0.4 is 10.6 Å². The van der Waals surface area contributed by atoms with Gasteiger partial charge in [0, 0.05) is 19.3 Å². The van der Waals surface area contributed by atoms with E-state index in [4.69, 9.17) is 11.0 Å². The van der Waals surface area contributed by atoms with Crippen molar-refractivity contribution in [3.63, 3.8) is 0 Å². The van der Waals surface area contributed by atoms with Crippen molar-refractivity contribution in [2.45, 2.75) is 13.0 Å². The summed E-state index contributed by atoms with van der Waals surface area (Å²) in [5, 5.41) is 8.58. The first-order valence-corrected chi connectivity index (χ1v) is 4.56. The molecule has 0 aliphatic rings. The van der Waals surface area contributed by atoms with Crippen LogP contribution in [0.25, 0.3) is 0 Å². The second kappa shape index (κ2) is 4.64. The van der Waals surface area contributed by atoms with Crippen molar-refractivity contribution in [2.75, 3.05) is 18.5 Å². The quantitative estimate of drug-likeness (QED) is 0.779. The Morgan fingerprint density at radius 1 is 1.57 bits per heavy atom. The molecule has 74 valence electrons. The SMILES string of the molecule is Cc1cccc(N(C)CC(N)C#N)c1. The zero-order valence-electron chi connectivity index (χ0n) is 8.57. The zero-order valence-corrected chi connectivity index (χ0v) is 8.57. The first-order valence-electron chi connectivity index (χ1n) is 4.56. The third-order valence-electron chi connectivity index (χ3n) is 2.08. The number of hydrogen-bond donors (Lipinski definition) is 1. The minimum atomic E-state index is -0.430. The highest BCUT2D eigenvalue weighted by atomic mass is 15.1. The van der Waals surface area contributed by atoms with Gasteiger partial charge in [0.25, 0.3) is 0 Å². The summed E-state index contributed by atoms with van der Waals surface area (Å²) in [5.41, 5.74) is 7.85. The first-order chi connectivity index (χ1) is 6.63. The van der Waals surface area contributed by atoms with E-state index in [0.717, 1.165) is 5.69 Å². The lowest BCUT2D eigenvalue weighted by molar-refractivity contribution is 0.785. The van der Waals surface area contributed by atoms with Gasteiger partial charge in [-0.15, -0.1) is 0 Å². The van der Waals surface area contributed by atoms with Gasteiger partial charge in [-0.3, -0.25) is 0 Å². The van der Waals surface area contributed by atoms with Crippen molar-refractivity contribution in [1.29, 1.82) is 5.26 Å². The van der Waals surface area contributed by atoms with Crippen LogP contribution in [-0.2, 0) is 0 Å². The molecule has 1 atom stereocenters. The Morgan fingerprint density at radius 3 is 2.86 bits per heavy atom. The fraction of sp³-hybridized carbons (Fsp3) is 0.364. The van der Waals surface area contributed by atoms with E-state index in [9.17, 15) is 0 Å². The van der Waals surface area contributed by atoms with Crippen molar-refractivity contribution >= 4 is 5.69 Å². The van der Waals surface area contributed by atoms with Gasteiger partial charge in [-0.1, -0.05) is 12.1 Å². The number of nitrogens with two attached hydrogens (primary N) is 1. The molecular formula is C11H15N3. The standard InChI is InChI=1S/C11H15N3/c1-9-4-3-5-11(6-9)14(2)8-10(13)7-12/h3-6,10H,8,13H2,1-2H3. The van der Waals surface area contributed by atoms with Gasteiger partial charge in [0.05, 0.1) is 6.07 Å². The number of nitrogens with zero attached hydrogens (tertiary/aromatic N) is 2. The van der Waals surface area contributed by atoms with Crippen LogP contribution in [0.2, 0.25) is 0 Å². The van der Waals surface area contributed by atoms with Crippen molar-refractivity contribution < 1.29 is 0 Å². The molecule has 2 N–H and O–H groups in total. The largest absolute Gasteiger partial charge is 0.372 e. The van der Waals surface area contributed by atoms with Gasteiger partial charge >= 0.3 is 0 Å². The summed E-state index contributed by atoms with van der Waals surface area (Å²) in [5.74, 6) is 0. The number of hydrogen-bond acceptors (Lipinski definition) is 3. The summed E-state index contributed by atoms with van der Waals surface area (Å²) in [6, 6.07) is 9.71. The molecule has 1 aromatic carbocycles. The molecule has 0 saturated carbocycles. The molecule has 0 aromatic heterocycles. The summed E-state index contributed by atoms with van der Waals surface area (Å²) in [4.78, 5) is 1.99. The van der Waals surface area contributed by atoms with Crippen LogP contribution in [0, 0.1) is 18.3 Å². The Balaban J connectivity index is 2.70. The summed E-state index contributed by atoms with van der Waals surface area (Å²) < 4.78 is 0. The lowest BCUT2D eigenvalue weighted by atomic mass is 10.2. The third kappa shape index (κ3) is 2.75. The number of nitriles is 1. The van der Waals surface area contributed by atoms with Gasteiger partial charge in [-0.2, -0.15) is 5.26 Å². The van der Waals surface area contributed by atoms with E-state index < -0.39 is 6.04 Å². The van der Waals surface area contributed by atoms with Gasteiger partial charge < -0.3 is 10.6 Å². The fourth-order valence-electron chi connectivity index (χ4n) is 1.31. The number of benzene rings is 1. The Hall–Kier alpha value is -1.53. The lowest BCUT2D eigenvalue weighted by Crippen LogP contribution is -2.34. The highest BCUT2D eigenvalue weighted by Crippen LogP contribution is 2.13. The number of anilines is 1. The van der Waals surface area contributed by atoms with Gasteiger partial charge in [0.2, 0.25) is 0 Å². The molecule has 3 nitrogen and oxygen atoms in total. The normalized spacial score (nSPS) is 11.9. The van der Waals surface area contributed by atoms with Gasteiger partial charge in [0.1, 0.15) is 6.04 Å². The molecule has 0 spiro atoms. The molecule has 0 heterocycles. The number of likely N-dealkylation sites (N-methyl/N-ethyl adjacent to an activating group) is 1. The molecule has 1 rings (SSSR count). The molecule has 14 heavy (non-hydrogen) atoms. The molecule has 1 unspecified atom stereocenters. The number of aryl methyl sites for hydroxylation is 1. The highest BCUT2D eigenvalue weighted by molar-refractivity contribution is 5.47. The Bertz CT molecular complexity index is 341. The fourth-order valence-corrected chi connectivity index (χ4v) is 1.31. The molecule has 0 aliphatic heterocycles. The molecule has 1 aromatic rings. The van der Waals surface area contributed by atoms with E-state index in [0.29, 0.717) is 6.54 Å². The van der Waals surface area contributed by atoms with Crippen LogP contribution in [0.4, 0.5) is 5.69 Å². The van der Waals surface area contributed by atoms with Gasteiger partial charge in [0.15, 0.2) is 0 Å². The maximum atomic E-state index is 8.58. The summed E-state index contributed by atoms with van der Waals surface area (Å²) >= 11 is 0. The van der Waals surface area contributed by atoms with E-state index in [-0.39, 0.29) is 0 Å². The van der Waals surface area contributed by atoms with Gasteiger partial charge in [-0.25, -0.2) is 0 Å². The van der Waals surface area contributed by atoms with Crippen LogP contribution in [0.5, 0.6) is 0 Å². The molecule has 0 fully saturated rings. The Labute approximate surface area is 84.7 Å². The van der Waals surface area contributed by atoms with Crippen LogP contribution in [0.15, 0.2) is 24.3 Å². The maximum Gasteiger partial charge on any atom is 0.110 e. The summed E-state index contributed by atoms with van der Waals surface area (Å²) in [7, 11) is 1.94. The van der Waals surface area contributed by atoms with E-state index in [1.165, 1.54) is 5.56 Å². The van der Waals surface area contributed by atoms with Crippen LogP contribution in [0.1, 0.15) is 5.56 Å². The minimum Gasteiger partial charge on any atom is -0.372 e. The van der Waals surface area contributed by atoms with Crippen molar-refractivity contribution in [3.05, 3.63) is 29.8 Å². The predicted molar refractivity (Wildman–Crippen MR) is 58.0 cm³/mol. The van der Waals surface area contributed by atoms with Crippen molar-refractivity contribution in [1.82, 2.24) is 0 Å². The van der Waals surface area contributed by atoms with Crippen LogP contribution in [-0.4, -0.2) is 19.6 Å². The second-order valence-electron chi connectivity index (χ2n) is 3.46. The zero-order chi connectivity index (χ0) is 10.6. The molecule has 0 aliphatic carbocycles. The minimum absolute atomic E-state index is 0.430. The Morgan fingerprint density at radius 2 is 2.29 bits per heavy atom. The van der Waals surface area contributed by atoms with Crippen molar-refractivity contribution in [2.24, 2.45) is 5.73 Å². The molecule has 3 heteroatoms. The molecule has 0 saturated heterocycles. The molecule has 0 amide bonds. The summed E-state index contributed by atoms with van der Waals surface area (Å²) in [6.07, 6.45) is 0. The molecular weight excluding hydrogens is 174 g/mol.